The summed E-state index contributed by atoms with van der Waals surface area (Å²) in [6, 6.07) is 12.3. The van der Waals surface area contributed by atoms with Crippen molar-refractivity contribution < 1.29 is 4.74 Å². The molecule has 1 aromatic carbocycles. The van der Waals surface area contributed by atoms with E-state index in [1.54, 1.807) is 11.3 Å². The number of benzene rings is 1. The molecule has 1 N–H and O–H groups in total. The van der Waals surface area contributed by atoms with Gasteiger partial charge < -0.3 is 9.72 Å². The summed E-state index contributed by atoms with van der Waals surface area (Å²) in [5, 5.41) is 16.2. The summed E-state index contributed by atoms with van der Waals surface area (Å²) < 4.78 is 8.06. The molecule has 0 spiro atoms. The zero-order valence-electron chi connectivity index (χ0n) is 20.6. The minimum absolute atomic E-state index is 0.0948. The molecule has 4 aromatic rings. The van der Waals surface area contributed by atoms with Crippen molar-refractivity contribution in [2.45, 2.75) is 70.2 Å². The maximum absolute atomic E-state index is 13.7. The van der Waals surface area contributed by atoms with E-state index in [0.29, 0.717) is 18.7 Å². The number of H-pyrrole nitrogens is 1. The summed E-state index contributed by atoms with van der Waals surface area (Å²) in [5.41, 5.74) is 2.55. The number of aromatic nitrogens is 5. The lowest BCUT2D eigenvalue weighted by Crippen LogP contribution is -2.39. The van der Waals surface area contributed by atoms with Gasteiger partial charge >= 0.3 is 0 Å². The second-order valence-corrected chi connectivity index (χ2v) is 11.1. The van der Waals surface area contributed by atoms with Crippen molar-refractivity contribution in [3.63, 3.8) is 0 Å². The standard InChI is InChI=1S/C27H32N6O2S/c1-18-10-11-19-15-23(27(34)28-24(19)14-18)25(26-29-30-31-33(26)20-6-2-3-7-20)32(16-21-8-4-12-35-21)17-22-9-5-13-36-22/h5,9-11,13-15,20-21,25H,2-4,6-8,12,16-17H2,1H3,(H,28,34)/t21-,25+/m1/s1. The van der Waals surface area contributed by atoms with Gasteiger partial charge in [-0.15, -0.1) is 16.4 Å². The summed E-state index contributed by atoms with van der Waals surface area (Å²) in [5.74, 6) is 0.744. The fourth-order valence-electron chi connectivity index (χ4n) is 5.74. The van der Waals surface area contributed by atoms with Crippen LogP contribution in [-0.4, -0.2) is 49.3 Å². The van der Waals surface area contributed by atoms with Gasteiger partial charge in [0.1, 0.15) is 6.04 Å². The van der Waals surface area contributed by atoms with Gasteiger partial charge in [0.05, 0.1) is 12.1 Å². The summed E-state index contributed by atoms with van der Waals surface area (Å²) in [4.78, 5) is 20.4. The van der Waals surface area contributed by atoms with Crippen molar-refractivity contribution in [3.05, 3.63) is 74.0 Å². The van der Waals surface area contributed by atoms with E-state index in [9.17, 15) is 4.79 Å². The first-order valence-electron chi connectivity index (χ1n) is 12.9. The van der Waals surface area contributed by atoms with Gasteiger partial charge in [-0.25, -0.2) is 4.68 Å². The molecule has 0 bridgehead atoms. The molecule has 2 fully saturated rings. The number of aromatic amines is 1. The van der Waals surface area contributed by atoms with Gasteiger partial charge in [0, 0.05) is 35.7 Å². The molecule has 0 amide bonds. The number of ether oxygens (including phenoxy) is 1. The van der Waals surface area contributed by atoms with Gasteiger partial charge in [-0.05, 0) is 77.6 Å². The minimum Gasteiger partial charge on any atom is -0.377 e. The monoisotopic (exact) mass is 504 g/mol. The number of rotatable bonds is 8. The Labute approximate surface area is 214 Å². The lowest BCUT2D eigenvalue weighted by Gasteiger charge is -2.33. The Hall–Kier alpha value is -2.88. The fourth-order valence-corrected chi connectivity index (χ4v) is 6.47. The SMILES string of the molecule is Cc1ccc2cc([C@@H](c3nnnn3C3CCCC3)N(Cc3cccs3)C[C@H]3CCCO3)c(=O)[nH]c2c1. The Morgan fingerprint density at radius 3 is 2.86 bits per heavy atom. The minimum atomic E-state index is -0.388. The zero-order valence-corrected chi connectivity index (χ0v) is 21.4. The smallest absolute Gasteiger partial charge is 0.253 e. The van der Waals surface area contributed by atoms with Crippen LogP contribution >= 0.6 is 11.3 Å². The molecule has 36 heavy (non-hydrogen) atoms. The second-order valence-electron chi connectivity index (χ2n) is 10.1. The highest BCUT2D eigenvalue weighted by molar-refractivity contribution is 7.09. The molecule has 0 radical (unpaired) electrons. The summed E-state index contributed by atoms with van der Waals surface area (Å²) >= 11 is 1.73. The lowest BCUT2D eigenvalue weighted by atomic mass is 10.0. The van der Waals surface area contributed by atoms with E-state index in [2.05, 4.69) is 55.1 Å². The Kier molecular flexibility index (Phi) is 6.69. The third-order valence-corrected chi connectivity index (χ3v) is 8.39. The van der Waals surface area contributed by atoms with Crippen LogP contribution in [0.25, 0.3) is 10.9 Å². The number of nitrogens with one attached hydrogen (secondary N) is 1. The average molecular weight is 505 g/mol. The number of aryl methyl sites for hydroxylation is 1. The summed E-state index contributed by atoms with van der Waals surface area (Å²) in [6.45, 7) is 4.24. The molecular weight excluding hydrogens is 472 g/mol. The highest BCUT2D eigenvalue weighted by atomic mass is 32.1. The second kappa shape index (κ2) is 10.2. The number of nitrogens with zero attached hydrogens (tertiary/aromatic N) is 5. The Morgan fingerprint density at radius 1 is 1.19 bits per heavy atom. The molecule has 8 nitrogen and oxygen atoms in total. The molecule has 1 saturated heterocycles. The largest absolute Gasteiger partial charge is 0.377 e. The van der Waals surface area contributed by atoms with E-state index in [4.69, 9.17) is 4.74 Å². The number of fused-ring (bicyclic) bond motifs is 1. The predicted octanol–water partition coefficient (Wildman–Crippen LogP) is 4.77. The molecule has 188 valence electrons. The van der Waals surface area contributed by atoms with E-state index in [-0.39, 0.29) is 23.7 Å². The van der Waals surface area contributed by atoms with Crippen molar-refractivity contribution in [2.24, 2.45) is 0 Å². The van der Waals surface area contributed by atoms with Gasteiger partial charge in [0.25, 0.3) is 5.56 Å². The molecule has 4 heterocycles. The highest BCUT2D eigenvalue weighted by Crippen LogP contribution is 2.35. The van der Waals surface area contributed by atoms with Crippen molar-refractivity contribution in [1.29, 1.82) is 0 Å². The van der Waals surface area contributed by atoms with Crippen molar-refractivity contribution >= 4 is 22.2 Å². The van der Waals surface area contributed by atoms with Crippen LogP contribution in [0.2, 0.25) is 0 Å². The van der Waals surface area contributed by atoms with Crippen LogP contribution in [0.5, 0.6) is 0 Å². The number of thiophene rings is 1. The van der Waals surface area contributed by atoms with Crippen LogP contribution in [0, 0.1) is 6.92 Å². The van der Waals surface area contributed by atoms with E-state index >= 15 is 0 Å². The van der Waals surface area contributed by atoms with Crippen LogP contribution in [0.1, 0.15) is 72.4 Å². The first-order valence-corrected chi connectivity index (χ1v) is 13.8. The predicted molar refractivity (Wildman–Crippen MR) is 140 cm³/mol. The Morgan fingerprint density at radius 2 is 2.08 bits per heavy atom. The van der Waals surface area contributed by atoms with Crippen LogP contribution in [0.4, 0.5) is 0 Å². The molecule has 1 aliphatic heterocycles. The molecule has 1 aliphatic carbocycles. The van der Waals surface area contributed by atoms with E-state index < -0.39 is 0 Å². The molecule has 6 rings (SSSR count). The number of pyridine rings is 1. The number of tetrazole rings is 1. The lowest BCUT2D eigenvalue weighted by molar-refractivity contribution is 0.0574. The third-order valence-electron chi connectivity index (χ3n) is 7.52. The maximum Gasteiger partial charge on any atom is 0.253 e. The molecule has 3 aromatic heterocycles. The van der Waals surface area contributed by atoms with Crippen molar-refractivity contribution in [1.82, 2.24) is 30.1 Å². The molecular formula is C27H32N6O2S. The van der Waals surface area contributed by atoms with Crippen LogP contribution < -0.4 is 5.56 Å². The zero-order chi connectivity index (χ0) is 24.5. The number of hydrogen-bond acceptors (Lipinski definition) is 7. The summed E-state index contributed by atoms with van der Waals surface area (Å²) in [7, 11) is 0. The molecule has 9 heteroatoms. The van der Waals surface area contributed by atoms with Crippen molar-refractivity contribution in [2.75, 3.05) is 13.2 Å². The number of hydrogen-bond donors (Lipinski definition) is 1. The molecule has 2 atom stereocenters. The topological polar surface area (TPSA) is 88.9 Å². The Balaban J connectivity index is 1.50. The van der Waals surface area contributed by atoms with Gasteiger partial charge in [0.2, 0.25) is 0 Å². The van der Waals surface area contributed by atoms with E-state index in [1.807, 2.05) is 23.7 Å². The first kappa shape index (κ1) is 23.5. The quantitative estimate of drug-likeness (QED) is 0.372. The molecule has 2 aliphatic rings. The normalized spacial score (nSPS) is 19.6. The van der Waals surface area contributed by atoms with Crippen LogP contribution in [-0.2, 0) is 11.3 Å². The van der Waals surface area contributed by atoms with Gasteiger partial charge in [-0.2, -0.15) is 0 Å². The van der Waals surface area contributed by atoms with Gasteiger partial charge in [-0.1, -0.05) is 31.0 Å². The van der Waals surface area contributed by atoms with Crippen LogP contribution in [0.3, 0.4) is 0 Å². The fraction of sp³-hybridized carbons (Fsp3) is 0.481. The summed E-state index contributed by atoms with van der Waals surface area (Å²) in [6.07, 6.45) is 6.71. The van der Waals surface area contributed by atoms with E-state index in [1.165, 1.54) is 17.7 Å². The highest BCUT2D eigenvalue weighted by Gasteiger charge is 2.35. The Bertz CT molecular complexity index is 1370. The average Bonchev–Trinajstić information content (AvgIpc) is 3.68. The van der Waals surface area contributed by atoms with Crippen molar-refractivity contribution in [3.8, 4) is 0 Å². The maximum atomic E-state index is 13.7. The van der Waals surface area contributed by atoms with Gasteiger partial charge in [-0.3, -0.25) is 9.69 Å². The molecule has 0 unspecified atom stereocenters. The molecule has 1 saturated carbocycles. The first-order chi connectivity index (χ1) is 17.7. The van der Waals surface area contributed by atoms with E-state index in [0.717, 1.165) is 54.6 Å². The van der Waals surface area contributed by atoms with Crippen LogP contribution in [0.15, 0.2) is 46.6 Å². The van der Waals surface area contributed by atoms with Gasteiger partial charge in [0.15, 0.2) is 5.82 Å². The third kappa shape index (κ3) is 4.75.